The maximum Gasteiger partial charge on any atom is 0.319 e. The number of ether oxygens (including phenoxy) is 1. The minimum Gasteiger partial charge on any atom is -0.377 e. The van der Waals surface area contributed by atoms with Crippen LogP contribution in [0.15, 0.2) is 59.5 Å². The normalized spacial score (nSPS) is 16.0. The second-order valence-corrected chi connectivity index (χ2v) is 11.0. The zero-order valence-electron chi connectivity index (χ0n) is 21.4. The Morgan fingerprint density at radius 3 is 2.49 bits per heavy atom. The van der Waals surface area contributed by atoms with Gasteiger partial charge in [-0.3, -0.25) is 0 Å². The van der Waals surface area contributed by atoms with Gasteiger partial charge in [0.1, 0.15) is 0 Å². The summed E-state index contributed by atoms with van der Waals surface area (Å²) in [4.78, 5) is 23.8. The van der Waals surface area contributed by atoms with Gasteiger partial charge in [0.05, 0.1) is 35.5 Å². The van der Waals surface area contributed by atoms with Crippen LogP contribution in [0.25, 0.3) is 22.5 Å². The number of rotatable bonds is 7. The van der Waals surface area contributed by atoms with Crippen molar-refractivity contribution in [3.8, 4) is 22.5 Å². The van der Waals surface area contributed by atoms with E-state index in [1.807, 2.05) is 26.0 Å². The molecule has 2 aromatic carbocycles. The van der Waals surface area contributed by atoms with Crippen molar-refractivity contribution in [2.45, 2.75) is 24.8 Å². The van der Waals surface area contributed by atoms with Crippen LogP contribution >= 0.6 is 0 Å². The largest absolute Gasteiger partial charge is 0.377 e. The number of urea groups is 1. The molecule has 1 fully saturated rings. The third-order valence-electron chi connectivity index (χ3n) is 6.04. The Morgan fingerprint density at radius 1 is 1.11 bits per heavy atom. The van der Waals surface area contributed by atoms with E-state index in [0.717, 1.165) is 5.56 Å². The van der Waals surface area contributed by atoms with Crippen LogP contribution in [0.4, 0.5) is 16.4 Å². The average molecular weight is 525 g/mol. The second-order valence-electron chi connectivity index (χ2n) is 8.90. The third kappa shape index (κ3) is 5.90. The van der Waals surface area contributed by atoms with Crippen molar-refractivity contribution in [3.63, 3.8) is 0 Å². The molecular formula is C26H32N6O4S. The van der Waals surface area contributed by atoms with Crippen LogP contribution in [0.2, 0.25) is 0 Å². The lowest BCUT2D eigenvalue weighted by Crippen LogP contribution is -2.44. The summed E-state index contributed by atoms with van der Waals surface area (Å²) < 4.78 is 33.0. The Bertz CT molecular complexity index is 1360. The molecule has 2 amide bonds. The van der Waals surface area contributed by atoms with Gasteiger partial charge < -0.3 is 20.3 Å². The lowest BCUT2D eigenvalue weighted by molar-refractivity contribution is 0.0981. The number of morpholine rings is 1. The minimum atomic E-state index is -3.71. The van der Waals surface area contributed by atoms with Crippen LogP contribution < -0.4 is 15.5 Å². The first-order chi connectivity index (χ1) is 17.7. The van der Waals surface area contributed by atoms with Crippen molar-refractivity contribution in [3.05, 3.63) is 54.6 Å². The van der Waals surface area contributed by atoms with Gasteiger partial charge in [0.15, 0.2) is 0 Å². The van der Waals surface area contributed by atoms with E-state index in [9.17, 15) is 13.2 Å². The quantitative estimate of drug-likeness (QED) is 0.486. The van der Waals surface area contributed by atoms with E-state index in [4.69, 9.17) is 14.7 Å². The van der Waals surface area contributed by atoms with Gasteiger partial charge in [-0.1, -0.05) is 30.3 Å². The van der Waals surface area contributed by atoms with Gasteiger partial charge >= 0.3 is 6.03 Å². The van der Waals surface area contributed by atoms with Gasteiger partial charge in [-0.05, 0) is 38.1 Å². The fourth-order valence-corrected chi connectivity index (χ4v) is 5.13. The molecule has 0 unspecified atom stereocenters. The van der Waals surface area contributed by atoms with E-state index in [0.29, 0.717) is 54.9 Å². The van der Waals surface area contributed by atoms with Crippen molar-refractivity contribution < 1.29 is 17.9 Å². The molecule has 0 spiro atoms. The van der Waals surface area contributed by atoms with E-state index in [1.165, 1.54) is 18.4 Å². The molecule has 37 heavy (non-hydrogen) atoms. The Balaban J connectivity index is 1.82. The van der Waals surface area contributed by atoms with E-state index in [-0.39, 0.29) is 17.0 Å². The third-order valence-corrected chi connectivity index (χ3v) is 7.91. The number of benzene rings is 2. The fourth-order valence-electron chi connectivity index (χ4n) is 4.03. The zero-order valence-corrected chi connectivity index (χ0v) is 22.2. The average Bonchev–Trinajstić information content (AvgIpc) is 2.89. The summed E-state index contributed by atoms with van der Waals surface area (Å²) in [5.41, 5.74) is 3.09. The van der Waals surface area contributed by atoms with Crippen LogP contribution in [-0.2, 0) is 14.8 Å². The standard InChI is InChI=1S/C26H32N6O4S/c1-5-27-26(33)28-20-12-10-19(11-13-20)22-16-23(30-25(29-22)32-14-15-36-17-18(32)2)21-8-6-7-9-24(21)37(34,35)31(3)4/h6-13,16,18H,5,14-15,17H2,1-4H3,(H2,27,28,33)/t18-/m0/s1. The van der Waals surface area contributed by atoms with Gasteiger partial charge in [-0.25, -0.2) is 27.5 Å². The highest BCUT2D eigenvalue weighted by molar-refractivity contribution is 7.89. The van der Waals surface area contributed by atoms with Crippen LogP contribution in [0.5, 0.6) is 0 Å². The Hall–Kier alpha value is -3.54. The molecule has 2 N–H and O–H groups in total. The van der Waals surface area contributed by atoms with Crippen molar-refractivity contribution in [2.24, 2.45) is 0 Å². The molecule has 10 nitrogen and oxygen atoms in total. The maximum atomic E-state index is 13.1. The molecule has 1 atom stereocenters. The highest BCUT2D eigenvalue weighted by Gasteiger charge is 2.26. The van der Waals surface area contributed by atoms with Crippen molar-refractivity contribution in [2.75, 3.05) is 50.6 Å². The second kappa shape index (κ2) is 11.2. The molecular weight excluding hydrogens is 492 g/mol. The van der Waals surface area contributed by atoms with E-state index in [2.05, 4.69) is 15.5 Å². The number of nitrogens with zero attached hydrogens (tertiary/aromatic N) is 4. The summed E-state index contributed by atoms with van der Waals surface area (Å²) in [6.07, 6.45) is 0. The van der Waals surface area contributed by atoms with E-state index >= 15 is 0 Å². The summed E-state index contributed by atoms with van der Waals surface area (Å²) >= 11 is 0. The minimum absolute atomic E-state index is 0.0567. The summed E-state index contributed by atoms with van der Waals surface area (Å²) in [7, 11) is -0.693. The molecule has 1 aliphatic heterocycles. The van der Waals surface area contributed by atoms with Crippen molar-refractivity contribution in [1.82, 2.24) is 19.6 Å². The Labute approximate surface area is 217 Å². The molecule has 1 aromatic heterocycles. The molecule has 0 radical (unpaired) electrons. The van der Waals surface area contributed by atoms with Crippen molar-refractivity contribution >= 4 is 27.7 Å². The van der Waals surface area contributed by atoms with Gasteiger partial charge in [0, 0.05) is 44.0 Å². The number of sulfonamides is 1. The molecule has 2 heterocycles. The first-order valence-corrected chi connectivity index (χ1v) is 13.6. The number of hydrogen-bond donors (Lipinski definition) is 2. The molecule has 1 aliphatic rings. The summed E-state index contributed by atoms with van der Waals surface area (Å²) in [5.74, 6) is 0.505. The van der Waals surface area contributed by atoms with Crippen LogP contribution in [0.3, 0.4) is 0 Å². The van der Waals surface area contributed by atoms with Gasteiger partial charge in [0.2, 0.25) is 16.0 Å². The predicted molar refractivity (Wildman–Crippen MR) is 144 cm³/mol. The fraction of sp³-hybridized carbons (Fsp3) is 0.346. The first kappa shape index (κ1) is 26.5. The Morgan fingerprint density at radius 2 is 1.81 bits per heavy atom. The van der Waals surface area contributed by atoms with E-state index < -0.39 is 10.0 Å². The van der Waals surface area contributed by atoms with Crippen LogP contribution in [0, 0.1) is 0 Å². The monoisotopic (exact) mass is 524 g/mol. The number of carbonyl (C=O) groups is 1. The smallest absolute Gasteiger partial charge is 0.319 e. The molecule has 0 aliphatic carbocycles. The number of carbonyl (C=O) groups excluding carboxylic acids is 1. The summed E-state index contributed by atoms with van der Waals surface area (Å²) in [6, 6.07) is 15.7. The van der Waals surface area contributed by atoms with Gasteiger partial charge in [-0.15, -0.1) is 0 Å². The Kier molecular flexibility index (Phi) is 8.06. The SMILES string of the molecule is CCNC(=O)Nc1ccc(-c2cc(-c3ccccc3S(=O)(=O)N(C)C)nc(N3CCOC[C@@H]3C)n2)cc1. The zero-order chi connectivity index (χ0) is 26.6. The van der Waals surface area contributed by atoms with Gasteiger partial charge in [-0.2, -0.15) is 0 Å². The molecule has 0 saturated carbocycles. The van der Waals surface area contributed by atoms with Crippen LogP contribution in [-0.4, -0.2) is 75.2 Å². The topological polar surface area (TPSA) is 117 Å². The lowest BCUT2D eigenvalue weighted by Gasteiger charge is -2.33. The molecule has 1 saturated heterocycles. The molecule has 0 bridgehead atoms. The number of hydrogen-bond acceptors (Lipinski definition) is 7. The van der Waals surface area contributed by atoms with Crippen LogP contribution in [0.1, 0.15) is 13.8 Å². The maximum absolute atomic E-state index is 13.1. The molecule has 4 rings (SSSR count). The highest BCUT2D eigenvalue weighted by Crippen LogP contribution is 2.32. The summed E-state index contributed by atoms with van der Waals surface area (Å²) in [5, 5.41) is 5.49. The molecule has 196 valence electrons. The highest BCUT2D eigenvalue weighted by atomic mass is 32.2. The number of anilines is 2. The lowest BCUT2D eigenvalue weighted by atomic mass is 10.1. The number of aromatic nitrogens is 2. The summed E-state index contributed by atoms with van der Waals surface area (Å²) in [6.45, 7) is 6.15. The first-order valence-electron chi connectivity index (χ1n) is 12.1. The van der Waals surface area contributed by atoms with Gasteiger partial charge in [0.25, 0.3) is 0 Å². The number of nitrogens with one attached hydrogen (secondary N) is 2. The van der Waals surface area contributed by atoms with E-state index in [1.54, 1.807) is 42.5 Å². The molecule has 3 aromatic rings. The predicted octanol–water partition coefficient (Wildman–Crippen LogP) is 3.43. The number of amides is 2. The molecule has 11 heteroatoms. The van der Waals surface area contributed by atoms with Crippen molar-refractivity contribution in [1.29, 1.82) is 0 Å².